The van der Waals surface area contributed by atoms with Crippen molar-refractivity contribution in [2.75, 3.05) is 6.26 Å². The molecule has 1 amide bonds. The Bertz CT molecular complexity index is 1680. The summed E-state index contributed by atoms with van der Waals surface area (Å²) >= 11 is 1.27. The third-order valence-corrected chi connectivity index (χ3v) is 8.12. The van der Waals surface area contributed by atoms with Crippen molar-refractivity contribution < 1.29 is 26.4 Å². The SMILES string of the molecule is Cc1c(Sc2ccccc2)cc(C(=O)NCc2ccc(S(C)(=O)=O)cc2)c(=O)n1-c1cccc(C(F)(F)F)c1. The largest absolute Gasteiger partial charge is 0.416 e. The molecule has 0 saturated heterocycles. The molecule has 4 aromatic rings. The minimum absolute atomic E-state index is 0.000905. The summed E-state index contributed by atoms with van der Waals surface area (Å²) in [6.07, 6.45) is -3.53. The molecule has 0 radical (unpaired) electrons. The van der Waals surface area contributed by atoms with E-state index in [1.807, 2.05) is 30.3 Å². The van der Waals surface area contributed by atoms with E-state index in [1.165, 1.54) is 42.1 Å². The Balaban J connectivity index is 1.74. The fraction of sp³-hybridized carbons (Fsp3) is 0.143. The summed E-state index contributed by atoms with van der Waals surface area (Å²) in [6, 6.07) is 20.9. The fourth-order valence-corrected chi connectivity index (χ4v) is 5.42. The molecule has 202 valence electrons. The highest BCUT2D eigenvalue weighted by molar-refractivity contribution is 7.99. The van der Waals surface area contributed by atoms with Gasteiger partial charge in [0.25, 0.3) is 11.5 Å². The number of carbonyl (C=O) groups excluding carboxylic acids is 1. The van der Waals surface area contributed by atoms with Crippen LogP contribution in [0.1, 0.15) is 27.2 Å². The van der Waals surface area contributed by atoms with Gasteiger partial charge in [-0.3, -0.25) is 14.2 Å². The number of aromatic nitrogens is 1. The smallest absolute Gasteiger partial charge is 0.348 e. The van der Waals surface area contributed by atoms with Crippen LogP contribution in [0, 0.1) is 6.92 Å². The van der Waals surface area contributed by atoms with Gasteiger partial charge in [0.1, 0.15) is 5.56 Å². The number of nitrogens with zero attached hydrogens (tertiary/aromatic N) is 1. The maximum atomic E-state index is 13.5. The molecule has 4 rings (SSSR count). The molecule has 0 fully saturated rings. The standard InChI is InChI=1S/C28H23F3N2O4S2/c1-18-25(38-22-9-4-3-5-10-22)16-24(26(34)32-17-19-11-13-23(14-12-19)39(2,36)37)27(35)33(18)21-8-6-7-20(15-21)28(29,30)31/h3-16H,17H2,1-2H3,(H,32,34). The summed E-state index contributed by atoms with van der Waals surface area (Å²) < 4.78 is 64.7. The summed E-state index contributed by atoms with van der Waals surface area (Å²) in [5.41, 5.74) is -0.983. The van der Waals surface area contributed by atoms with Gasteiger partial charge < -0.3 is 5.32 Å². The molecule has 0 unspecified atom stereocenters. The van der Waals surface area contributed by atoms with Crippen LogP contribution < -0.4 is 10.9 Å². The van der Waals surface area contributed by atoms with Crippen molar-refractivity contribution in [3.63, 3.8) is 0 Å². The molecule has 1 N–H and O–H groups in total. The monoisotopic (exact) mass is 572 g/mol. The number of carbonyl (C=O) groups is 1. The summed E-state index contributed by atoms with van der Waals surface area (Å²) in [6.45, 7) is 1.61. The van der Waals surface area contributed by atoms with Crippen molar-refractivity contribution in [3.8, 4) is 5.69 Å². The minimum atomic E-state index is -4.61. The quantitative estimate of drug-likeness (QED) is 0.310. The molecular formula is C28H23F3N2O4S2. The molecule has 0 atom stereocenters. The second-order valence-electron chi connectivity index (χ2n) is 8.71. The van der Waals surface area contributed by atoms with Gasteiger partial charge in [-0.1, -0.05) is 48.2 Å². The first-order chi connectivity index (χ1) is 18.3. The van der Waals surface area contributed by atoms with Gasteiger partial charge in [0.15, 0.2) is 9.84 Å². The third-order valence-electron chi connectivity index (χ3n) is 5.85. The van der Waals surface area contributed by atoms with Crippen molar-refractivity contribution in [2.45, 2.75) is 34.3 Å². The van der Waals surface area contributed by atoms with E-state index in [0.29, 0.717) is 16.2 Å². The Morgan fingerprint density at radius 3 is 2.23 bits per heavy atom. The fourth-order valence-electron chi connectivity index (χ4n) is 3.83. The van der Waals surface area contributed by atoms with E-state index < -0.39 is 33.0 Å². The van der Waals surface area contributed by atoms with Crippen LogP contribution in [-0.4, -0.2) is 25.1 Å². The lowest BCUT2D eigenvalue weighted by atomic mass is 10.1. The lowest BCUT2D eigenvalue weighted by molar-refractivity contribution is -0.137. The molecule has 0 aliphatic carbocycles. The van der Waals surface area contributed by atoms with E-state index in [4.69, 9.17) is 0 Å². The Hall–Kier alpha value is -3.83. The second kappa shape index (κ2) is 11.1. The van der Waals surface area contributed by atoms with Crippen LogP contribution in [0.15, 0.2) is 104 Å². The molecule has 0 saturated carbocycles. The van der Waals surface area contributed by atoms with Crippen LogP contribution in [0.4, 0.5) is 13.2 Å². The zero-order valence-electron chi connectivity index (χ0n) is 20.8. The average molecular weight is 573 g/mol. The third kappa shape index (κ3) is 6.61. The zero-order valence-corrected chi connectivity index (χ0v) is 22.5. The van der Waals surface area contributed by atoms with Crippen molar-refractivity contribution in [3.05, 3.63) is 118 Å². The Morgan fingerprint density at radius 2 is 1.62 bits per heavy atom. The molecule has 1 aromatic heterocycles. The number of hydrogen-bond donors (Lipinski definition) is 1. The van der Waals surface area contributed by atoms with Crippen molar-refractivity contribution in [1.82, 2.24) is 9.88 Å². The van der Waals surface area contributed by atoms with Crippen LogP contribution in [0.5, 0.6) is 0 Å². The van der Waals surface area contributed by atoms with E-state index in [9.17, 15) is 31.2 Å². The first-order valence-corrected chi connectivity index (χ1v) is 14.3. The Kier molecular flexibility index (Phi) is 8.03. The van der Waals surface area contributed by atoms with E-state index in [0.717, 1.165) is 27.9 Å². The molecule has 0 bridgehead atoms. The number of rotatable bonds is 7. The number of amides is 1. The van der Waals surface area contributed by atoms with Gasteiger partial charge in [0.05, 0.1) is 10.5 Å². The number of sulfone groups is 1. The molecule has 0 aliphatic heterocycles. The molecule has 6 nitrogen and oxygen atoms in total. The van der Waals surface area contributed by atoms with Crippen LogP contribution in [0.3, 0.4) is 0 Å². The topological polar surface area (TPSA) is 85.2 Å². The predicted octanol–water partition coefficient (Wildman–Crippen LogP) is 5.65. The van der Waals surface area contributed by atoms with Gasteiger partial charge in [0.2, 0.25) is 0 Å². The zero-order chi connectivity index (χ0) is 28.4. The number of nitrogens with one attached hydrogen (secondary N) is 1. The predicted molar refractivity (Wildman–Crippen MR) is 143 cm³/mol. The second-order valence-corrected chi connectivity index (χ2v) is 11.8. The first kappa shape index (κ1) is 28.2. The molecule has 11 heteroatoms. The number of halogens is 3. The van der Waals surface area contributed by atoms with E-state index in [1.54, 1.807) is 19.1 Å². The highest BCUT2D eigenvalue weighted by atomic mass is 32.2. The van der Waals surface area contributed by atoms with Gasteiger partial charge >= 0.3 is 6.18 Å². The summed E-state index contributed by atoms with van der Waals surface area (Å²) in [4.78, 5) is 28.1. The Labute approximate surface area is 227 Å². The summed E-state index contributed by atoms with van der Waals surface area (Å²) in [5, 5.41) is 2.65. The highest BCUT2D eigenvalue weighted by Crippen LogP contribution is 2.33. The van der Waals surface area contributed by atoms with Crippen LogP contribution in [0.2, 0.25) is 0 Å². The van der Waals surface area contributed by atoms with Gasteiger partial charge in [0, 0.05) is 34.0 Å². The van der Waals surface area contributed by atoms with Crippen molar-refractivity contribution >= 4 is 27.5 Å². The van der Waals surface area contributed by atoms with E-state index in [2.05, 4.69) is 5.32 Å². The maximum absolute atomic E-state index is 13.5. The van der Waals surface area contributed by atoms with Crippen LogP contribution in [0.25, 0.3) is 5.69 Å². The number of hydrogen-bond acceptors (Lipinski definition) is 5. The lowest BCUT2D eigenvalue weighted by Crippen LogP contribution is -2.33. The molecular weight excluding hydrogens is 549 g/mol. The molecule has 0 aliphatic rings. The maximum Gasteiger partial charge on any atom is 0.416 e. The van der Waals surface area contributed by atoms with Crippen molar-refractivity contribution in [1.29, 1.82) is 0 Å². The molecule has 1 heterocycles. The van der Waals surface area contributed by atoms with E-state index in [-0.39, 0.29) is 22.7 Å². The number of benzene rings is 3. The average Bonchev–Trinajstić information content (AvgIpc) is 2.89. The van der Waals surface area contributed by atoms with E-state index >= 15 is 0 Å². The normalized spacial score (nSPS) is 11.8. The first-order valence-electron chi connectivity index (χ1n) is 11.6. The molecule has 0 spiro atoms. The van der Waals surface area contributed by atoms with Gasteiger partial charge in [-0.05, 0) is 61.0 Å². The highest BCUT2D eigenvalue weighted by Gasteiger charge is 2.31. The van der Waals surface area contributed by atoms with Crippen LogP contribution >= 0.6 is 11.8 Å². The minimum Gasteiger partial charge on any atom is -0.348 e. The molecule has 3 aromatic carbocycles. The van der Waals surface area contributed by atoms with Gasteiger partial charge in [-0.15, -0.1) is 0 Å². The number of pyridine rings is 1. The lowest BCUT2D eigenvalue weighted by Gasteiger charge is -2.18. The van der Waals surface area contributed by atoms with Crippen LogP contribution in [-0.2, 0) is 22.6 Å². The number of alkyl halides is 3. The Morgan fingerprint density at radius 1 is 0.949 bits per heavy atom. The van der Waals surface area contributed by atoms with Gasteiger partial charge in [-0.2, -0.15) is 13.2 Å². The van der Waals surface area contributed by atoms with Gasteiger partial charge in [-0.25, -0.2) is 8.42 Å². The van der Waals surface area contributed by atoms with Crippen molar-refractivity contribution in [2.24, 2.45) is 0 Å². The summed E-state index contributed by atoms with van der Waals surface area (Å²) in [7, 11) is -3.38. The summed E-state index contributed by atoms with van der Waals surface area (Å²) in [5.74, 6) is -0.720. The molecule has 39 heavy (non-hydrogen) atoms.